The normalized spacial score (nSPS) is 20.2. The van der Waals surface area contributed by atoms with Gasteiger partial charge in [0.15, 0.2) is 0 Å². The van der Waals surface area contributed by atoms with Crippen molar-refractivity contribution < 1.29 is 19.1 Å². The van der Waals surface area contributed by atoms with Crippen molar-refractivity contribution >= 4 is 17.7 Å². The molecule has 0 saturated carbocycles. The van der Waals surface area contributed by atoms with Gasteiger partial charge in [-0.25, -0.2) is 4.79 Å². The van der Waals surface area contributed by atoms with Crippen LogP contribution in [0.2, 0.25) is 0 Å². The highest BCUT2D eigenvalue weighted by Crippen LogP contribution is 2.32. The summed E-state index contributed by atoms with van der Waals surface area (Å²) >= 11 is 0. The highest BCUT2D eigenvalue weighted by Gasteiger charge is 2.43. The molecule has 1 saturated heterocycles. The molecule has 7 heteroatoms. The zero-order valence-corrected chi connectivity index (χ0v) is 13.6. The zero-order chi connectivity index (χ0) is 16.6. The van der Waals surface area contributed by atoms with Crippen LogP contribution in [0.1, 0.15) is 27.2 Å². The third kappa shape index (κ3) is 3.09. The summed E-state index contributed by atoms with van der Waals surface area (Å²) in [4.78, 5) is 32.2. The average molecular weight is 319 g/mol. The van der Waals surface area contributed by atoms with Crippen molar-refractivity contribution in [2.45, 2.75) is 38.8 Å². The molecular weight excluding hydrogens is 298 g/mol. The van der Waals surface area contributed by atoms with Crippen molar-refractivity contribution in [3.8, 4) is 5.75 Å². The summed E-state index contributed by atoms with van der Waals surface area (Å²) in [7, 11) is 0. The van der Waals surface area contributed by atoms with Gasteiger partial charge >= 0.3 is 6.09 Å². The summed E-state index contributed by atoms with van der Waals surface area (Å²) in [5, 5.41) is 0. The van der Waals surface area contributed by atoms with Crippen molar-refractivity contribution in [3.05, 3.63) is 18.5 Å². The molecule has 2 amide bonds. The molecule has 0 N–H and O–H groups in total. The Morgan fingerprint density at radius 2 is 2.13 bits per heavy atom. The molecule has 0 spiro atoms. The third-order valence-corrected chi connectivity index (χ3v) is 3.82. The molecule has 0 aromatic carbocycles. The Hall–Kier alpha value is -2.31. The van der Waals surface area contributed by atoms with Crippen LogP contribution in [-0.4, -0.2) is 53.2 Å². The molecule has 1 atom stereocenters. The van der Waals surface area contributed by atoms with Crippen LogP contribution in [0.3, 0.4) is 0 Å². The topological polar surface area (TPSA) is 72.0 Å². The number of amides is 2. The minimum atomic E-state index is -0.574. The van der Waals surface area contributed by atoms with E-state index in [0.717, 1.165) is 0 Å². The third-order valence-electron chi connectivity index (χ3n) is 3.82. The van der Waals surface area contributed by atoms with Gasteiger partial charge in [0.2, 0.25) is 5.91 Å². The minimum Gasteiger partial charge on any atom is -0.489 e. The van der Waals surface area contributed by atoms with Crippen LogP contribution in [0, 0.1) is 0 Å². The first-order valence-corrected chi connectivity index (χ1v) is 7.74. The van der Waals surface area contributed by atoms with Gasteiger partial charge in [0.1, 0.15) is 29.7 Å². The molecule has 23 heavy (non-hydrogen) atoms. The Balaban J connectivity index is 1.73. The lowest BCUT2D eigenvalue weighted by Crippen LogP contribution is -2.60. The number of hydrogen-bond acceptors (Lipinski definition) is 5. The van der Waals surface area contributed by atoms with Crippen LogP contribution < -0.4 is 9.64 Å². The Labute approximate surface area is 135 Å². The van der Waals surface area contributed by atoms with Crippen molar-refractivity contribution in [1.82, 2.24) is 9.88 Å². The first-order valence-electron chi connectivity index (χ1n) is 7.74. The number of carbonyl (C=O) groups is 2. The van der Waals surface area contributed by atoms with Gasteiger partial charge in [-0.15, -0.1) is 0 Å². The maximum Gasteiger partial charge on any atom is 0.410 e. The average Bonchev–Trinajstić information content (AvgIpc) is 2.43. The van der Waals surface area contributed by atoms with Crippen LogP contribution >= 0.6 is 0 Å². The number of hydrogen-bond donors (Lipinski definition) is 0. The molecule has 2 aliphatic rings. The molecule has 2 aliphatic heterocycles. The lowest BCUT2D eigenvalue weighted by Gasteiger charge is -2.43. The number of likely N-dealkylation sites (tertiary alicyclic amines) is 1. The van der Waals surface area contributed by atoms with Crippen LogP contribution in [0.5, 0.6) is 5.75 Å². The highest BCUT2D eigenvalue weighted by atomic mass is 16.6. The molecule has 0 bridgehead atoms. The standard InChI is InChI=1S/C16H21N3O4/c1-16(2,3)23-15(21)19-7-5-11(19)14(20)18-8-9-22-13-4-6-17-10-12(13)18/h4,6,10-11H,5,7-9H2,1-3H3/t11-/m1/s1. The van der Waals surface area contributed by atoms with E-state index in [0.29, 0.717) is 37.6 Å². The summed E-state index contributed by atoms with van der Waals surface area (Å²) in [6, 6.07) is 1.26. The molecule has 1 fully saturated rings. The second-order valence-corrected chi connectivity index (χ2v) is 6.66. The molecule has 124 valence electrons. The van der Waals surface area contributed by atoms with Crippen molar-refractivity contribution in [1.29, 1.82) is 0 Å². The van der Waals surface area contributed by atoms with E-state index in [1.807, 2.05) is 20.8 Å². The Morgan fingerprint density at radius 1 is 1.35 bits per heavy atom. The second-order valence-electron chi connectivity index (χ2n) is 6.66. The number of aromatic nitrogens is 1. The van der Waals surface area contributed by atoms with Gasteiger partial charge in [0, 0.05) is 18.8 Å². The van der Waals surface area contributed by atoms with Gasteiger partial charge in [0.05, 0.1) is 12.7 Å². The fourth-order valence-corrected chi connectivity index (χ4v) is 2.66. The first-order chi connectivity index (χ1) is 10.9. The minimum absolute atomic E-state index is 0.111. The predicted octanol–water partition coefficient (Wildman–Crippen LogP) is 1.82. The Kier molecular flexibility index (Phi) is 3.87. The molecule has 0 unspecified atom stereocenters. The largest absolute Gasteiger partial charge is 0.489 e. The van der Waals surface area contributed by atoms with Gasteiger partial charge in [-0.05, 0) is 27.2 Å². The van der Waals surface area contributed by atoms with Crippen molar-refractivity contribution in [2.75, 3.05) is 24.6 Å². The van der Waals surface area contributed by atoms with Gasteiger partial charge in [-0.1, -0.05) is 0 Å². The molecule has 7 nitrogen and oxygen atoms in total. The summed E-state index contributed by atoms with van der Waals surface area (Å²) < 4.78 is 10.9. The number of anilines is 1. The summed E-state index contributed by atoms with van der Waals surface area (Å²) in [6.45, 7) is 6.86. The Morgan fingerprint density at radius 3 is 2.78 bits per heavy atom. The molecular formula is C16H21N3O4. The van der Waals surface area contributed by atoms with Gasteiger partial charge in [-0.2, -0.15) is 0 Å². The fraction of sp³-hybridized carbons (Fsp3) is 0.562. The predicted molar refractivity (Wildman–Crippen MR) is 83.4 cm³/mol. The van der Waals surface area contributed by atoms with E-state index >= 15 is 0 Å². The van der Waals surface area contributed by atoms with E-state index in [-0.39, 0.29) is 5.91 Å². The van der Waals surface area contributed by atoms with Crippen molar-refractivity contribution in [3.63, 3.8) is 0 Å². The SMILES string of the molecule is CC(C)(C)OC(=O)N1CC[C@@H]1C(=O)N1CCOc2ccncc21. The number of pyridine rings is 1. The Bertz CT molecular complexity index is 626. The molecule has 1 aromatic heterocycles. The van der Waals surface area contributed by atoms with Gasteiger partial charge in [0.25, 0.3) is 0 Å². The molecule has 3 rings (SSSR count). The second kappa shape index (κ2) is 5.72. The smallest absolute Gasteiger partial charge is 0.410 e. The van der Waals surface area contributed by atoms with E-state index in [2.05, 4.69) is 4.98 Å². The van der Waals surface area contributed by atoms with E-state index in [1.54, 1.807) is 23.4 Å². The molecule has 3 heterocycles. The van der Waals surface area contributed by atoms with Crippen LogP contribution in [0.15, 0.2) is 18.5 Å². The van der Waals surface area contributed by atoms with E-state index in [1.165, 1.54) is 4.90 Å². The maximum absolute atomic E-state index is 12.8. The molecule has 1 aromatic rings. The van der Waals surface area contributed by atoms with Crippen LogP contribution in [-0.2, 0) is 9.53 Å². The van der Waals surface area contributed by atoms with Crippen LogP contribution in [0.4, 0.5) is 10.5 Å². The maximum atomic E-state index is 12.8. The van der Waals surface area contributed by atoms with E-state index in [9.17, 15) is 9.59 Å². The molecule has 0 radical (unpaired) electrons. The number of fused-ring (bicyclic) bond motifs is 1. The van der Waals surface area contributed by atoms with Gasteiger partial charge in [-0.3, -0.25) is 14.7 Å². The summed E-state index contributed by atoms with van der Waals surface area (Å²) in [5.74, 6) is 0.530. The lowest BCUT2D eigenvalue weighted by atomic mass is 10.0. The fourth-order valence-electron chi connectivity index (χ4n) is 2.66. The first kappa shape index (κ1) is 15.6. The number of carbonyl (C=O) groups excluding carboxylic acids is 2. The van der Waals surface area contributed by atoms with E-state index < -0.39 is 17.7 Å². The summed E-state index contributed by atoms with van der Waals surface area (Å²) in [5.41, 5.74) is 0.0789. The quantitative estimate of drug-likeness (QED) is 0.789. The zero-order valence-electron chi connectivity index (χ0n) is 13.6. The number of nitrogens with zero attached hydrogens (tertiary/aromatic N) is 3. The lowest BCUT2D eigenvalue weighted by molar-refractivity contribution is -0.128. The highest BCUT2D eigenvalue weighted by molar-refractivity contribution is 6.00. The van der Waals surface area contributed by atoms with Crippen molar-refractivity contribution in [2.24, 2.45) is 0 Å². The van der Waals surface area contributed by atoms with Crippen LogP contribution in [0.25, 0.3) is 0 Å². The van der Waals surface area contributed by atoms with Gasteiger partial charge < -0.3 is 14.4 Å². The number of rotatable bonds is 1. The monoisotopic (exact) mass is 319 g/mol. The summed E-state index contributed by atoms with van der Waals surface area (Å²) in [6.07, 6.45) is 3.44. The molecule has 0 aliphatic carbocycles. The van der Waals surface area contributed by atoms with E-state index in [4.69, 9.17) is 9.47 Å². The number of ether oxygens (including phenoxy) is 2.